The largest absolute Gasteiger partial charge is 0.502 e. The minimum atomic E-state index is -2.00. The van der Waals surface area contributed by atoms with Crippen molar-refractivity contribution < 1.29 is 38.6 Å². The lowest BCUT2D eigenvalue weighted by molar-refractivity contribution is -0.138. The lowest BCUT2D eigenvalue weighted by Crippen LogP contribution is -2.60. The summed E-state index contributed by atoms with van der Waals surface area (Å²) in [6.45, 7) is 0. The van der Waals surface area contributed by atoms with Gasteiger partial charge in [-0.15, -0.1) is 23.2 Å². The number of imide groups is 2. The first kappa shape index (κ1) is 31.9. The average Bonchev–Trinajstić information content (AvgIpc) is 3.43. The molecule has 1 saturated carbocycles. The number of ether oxygens (including phenoxy) is 2. The fraction of sp³-hybridized carbons (Fsp3) is 0.306. The van der Waals surface area contributed by atoms with Crippen LogP contribution in [0, 0.1) is 17.8 Å². The maximum absolute atomic E-state index is 14.3. The van der Waals surface area contributed by atoms with Crippen molar-refractivity contribution in [3.05, 3.63) is 95.1 Å². The topological polar surface area (TPSA) is 131 Å². The van der Waals surface area contributed by atoms with Gasteiger partial charge in [0.15, 0.2) is 27.0 Å². The predicted octanol–water partition coefficient (Wildman–Crippen LogP) is 4.83. The molecule has 2 saturated heterocycles. The number of phenols is 1. The van der Waals surface area contributed by atoms with Crippen molar-refractivity contribution in [1.29, 1.82) is 0 Å². The van der Waals surface area contributed by atoms with Crippen LogP contribution in [0.3, 0.4) is 0 Å². The molecular formula is C36H30Cl2N2O8. The Bertz CT molecular complexity index is 1920. The smallest absolute Gasteiger partial charge is 0.253 e. The van der Waals surface area contributed by atoms with Crippen molar-refractivity contribution in [2.45, 2.75) is 28.5 Å². The zero-order chi connectivity index (χ0) is 34.3. The number of methoxy groups -OCH3 is 2. The minimum Gasteiger partial charge on any atom is -0.502 e. The number of allylic oxidation sites excluding steroid dienone is 2. The van der Waals surface area contributed by atoms with E-state index in [-0.39, 0.29) is 35.9 Å². The highest BCUT2D eigenvalue weighted by atomic mass is 35.5. The number of hydrogen-bond acceptors (Lipinski definition) is 8. The van der Waals surface area contributed by atoms with Gasteiger partial charge in [0.25, 0.3) is 11.8 Å². The van der Waals surface area contributed by atoms with Crippen LogP contribution in [-0.4, -0.2) is 70.4 Å². The second-order valence-electron chi connectivity index (χ2n) is 12.5. The second kappa shape index (κ2) is 11.2. The van der Waals surface area contributed by atoms with E-state index in [1.807, 2.05) is 12.1 Å². The predicted molar refractivity (Wildman–Crippen MR) is 175 cm³/mol. The molecule has 2 heterocycles. The third kappa shape index (κ3) is 4.21. The Morgan fingerprint density at radius 3 is 2.06 bits per heavy atom. The molecule has 10 nitrogen and oxygen atoms in total. The van der Waals surface area contributed by atoms with E-state index in [1.54, 1.807) is 48.5 Å². The van der Waals surface area contributed by atoms with E-state index < -0.39 is 57.0 Å². The first-order valence-electron chi connectivity index (χ1n) is 15.3. The number of amides is 4. The van der Waals surface area contributed by atoms with Gasteiger partial charge >= 0.3 is 0 Å². The molecular weight excluding hydrogens is 659 g/mol. The molecule has 48 heavy (non-hydrogen) atoms. The van der Waals surface area contributed by atoms with Crippen LogP contribution in [0.5, 0.6) is 17.2 Å². The Hall–Kier alpha value is -4.67. The summed E-state index contributed by atoms with van der Waals surface area (Å²) in [6, 6.07) is 18.1. The maximum Gasteiger partial charge on any atom is 0.253 e. The van der Waals surface area contributed by atoms with Crippen LogP contribution >= 0.6 is 23.2 Å². The lowest BCUT2D eigenvalue weighted by atomic mass is 9.56. The highest BCUT2D eigenvalue weighted by molar-refractivity contribution is 6.53. The molecule has 3 aromatic carbocycles. The fourth-order valence-corrected chi connectivity index (χ4v) is 8.99. The summed E-state index contributed by atoms with van der Waals surface area (Å²) in [6.07, 6.45) is 1.82. The molecule has 2 aliphatic carbocycles. The summed E-state index contributed by atoms with van der Waals surface area (Å²) in [5.41, 5.74) is 2.18. The Morgan fingerprint density at radius 2 is 1.46 bits per heavy atom. The van der Waals surface area contributed by atoms with Gasteiger partial charge < -0.3 is 14.6 Å². The molecule has 246 valence electrons. The Labute approximate surface area is 285 Å². The number of carbonyl (C=O) groups is 5. The van der Waals surface area contributed by atoms with Crippen LogP contribution in [0.4, 0.5) is 5.69 Å². The lowest BCUT2D eigenvalue weighted by Gasteiger charge is -2.50. The molecule has 7 rings (SSSR count). The summed E-state index contributed by atoms with van der Waals surface area (Å²) in [7, 11) is 4.02. The molecule has 0 bridgehead atoms. The first-order chi connectivity index (χ1) is 22.9. The third-order valence-corrected chi connectivity index (χ3v) is 11.7. The Morgan fingerprint density at radius 1 is 0.854 bits per heavy atom. The normalized spacial score (nSPS) is 29.3. The number of rotatable bonds is 6. The Balaban J connectivity index is 1.30. The summed E-state index contributed by atoms with van der Waals surface area (Å²) in [4.78, 5) is 66.9. The van der Waals surface area contributed by atoms with Gasteiger partial charge in [0.1, 0.15) is 0 Å². The molecule has 0 radical (unpaired) electrons. The highest BCUT2D eigenvalue weighted by Gasteiger charge is 2.76. The molecule has 4 aliphatic rings. The number of benzene rings is 3. The minimum absolute atomic E-state index is 0.0406. The van der Waals surface area contributed by atoms with Crippen molar-refractivity contribution in [3.8, 4) is 17.2 Å². The van der Waals surface area contributed by atoms with E-state index in [1.165, 1.54) is 33.4 Å². The van der Waals surface area contributed by atoms with E-state index in [9.17, 15) is 29.1 Å². The SMILES string of the molecule is COc1cc([C@H]2C3=CC[C@@H]4C(=O)N(c5ccc(C(=O)c6ccccc6)cc5)C(=O)[C@@H]4[C@@H]3C[C@@]3(Cl)C(=O)N(C)C(=O)[C@@]23Cl)cc(OC)c1O. The number of nitrogens with zero attached hydrogens (tertiary/aromatic N) is 2. The van der Waals surface area contributed by atoms with Gasteiger partial charge in [-0.1, -0.05) is 42.0 Å². The van der Waals surface area contributed by atoms with Crippen LogP contribution in [0.1, 0.15) is 40.2 Å². The maximum atomic E-state index is 14.3. The summed E-state index contributed by atoms with van der Waals surface area (Å²) >= 11 is 14.5. The van der Waals surface area contributed by atoms with E-state index >= 15 is 0 Å². The molecule has 0 unspecified atom stereocenters. The molecule has 3 aromatic rings. The molecule has 1 N–H and O–H groups in total. The average molecular weight is 690 g/mol. The fourth-order valence-electron chi connectivity index (χ4n) is 7.97. The number of fused-ring (bicyclic) bond motifs is 4. The monoisotopic (exact) mass is 688 g/mol. The van der Waals surface area contributed by atoms with Crippen LogP contribution in [0.25, 0.3) is 0 Å². The van der Waals surface area contributed by atoms with Gasteiger partial charge in [-0.2, -0.15) is 0 Å². The highest BCUT2D eigenvalue weighted by Crippen LogP contribution is 2.66. The number of alkyl halides is 2. The van der Waals surface area contributed by atoms with Gasteiger partial charge in [-0.25, -0.2) is 0 Å². The van der Waals surface area contributed by atoms with Crippen molar-refractivity contribution in [2.24, 2.45) is 17.8 Å². The number of likely N-dealkylation sites (tertiary alicyclic amines) is 1. The zero-order valence-corrected chi connectivity index (χ0v) is 27.6. The standard InChI is InChI=1S/C36H30Cl2N2O8/c1-39-33(45)35(37)17-24-22(28(36(35,38)34(39)46)20-15-25(47-2)30(42)26(16-20)48-3)13-14-23-27(24)32(44)40(31(23)43)21-11-9-19(10-12-21)29(41)18-7-5-4-6-8-18/h4-13,15-16,23-24,27-28,42H,14,17H2,1-3H3/t23-,24+,27-,28-,35+,36-/m0/s1. The summed E-state index contributed by atoms with van der Waals surface area (Å²) in [5.74, 6) is -6.15. The molecule has 4 amide bonds. The molecule has 0 aromatic heterocycles. The molecule has 2 aliphatic heterocycles. The van der Waals surface area contributed by atoms with Gasteiger partial charge in [-0.05, 0) is 60.7 Å². The Kier molecular flexibility index (Phi) is 7.45. The van der Waals surface area contributed by atoms with Crippen molar-refractivity contribution in [1.82, 2.24) is 4.90 Å². The summed E-state index contributed by atoms with van der Waals surface area (Å²) in [5, 5.41) is 10.7. The number of phenolic OH excluding ortho intramolecular Hbond substituents is 1. The molecule has 6 atom stereocenters. The van der Waals surface area contributed by atoms with Gasteiger partial charge in [0.05, 0.1) is 31.7 Å². The van der Waals surface area contributed by atoms with Crippen LogP contribution in [0.15, 0.2) is 78.4 Å². The van der Waals surface area contributed by atoms with E-state index in [2.05, 4.69) is 0 Å². The number of hydrogen-bond donors (Lipinski definition) is 1. The number of carbonyl (C=O) groups excluding carboxylic acids is 5. The number of halogens is 2. The van der Waals surface area contributed by atoms with Crippen molar-refractivity contribution in [2.75, 3.05) is 26.2 Å². The van der Waals surface area contributed by atoms with E-state index in [4.69, 9.17) is 32.7 Å². The van der Waals surface area contributed by atoms with Crippen molar-refractivity contribution in [3.63, 3.8) is 0 Å². The summed E-state index contributed by atoms with van der Waals surface area (Å²) < 4.78 is 10.8. The van der Waals surface area contributed by atoms with Crippen LogP contribution in [-0.2, 0) is 19.2 Å². The number of anilines is 1. The van der Waals surface area contributed by atoms with Gasteiger partial charge in [-0.3, -0.25) is 33.8 Å². The second-order valence-corrected chi connectivity index (χ2v) is 13.8. The first-order valence-corrected chi connectivity index (χ1v) is 16.1. The molecule has 12 heteroatoms. The van der Waals surface area contributed by atoms with E-state index in [0.717, 1.165) is 9.80 Å². The van der Waals surface area contributed by atoms with Crippen molar-refractivity contribution >= 4 is 58.3 Å². The van der Waals surface area contributed by atoms with Crippen LogP contribution in [0.2, 0.25) is 0 Å². The van der Waals surface area contributed by atoms with Gasteiger partial charge in [0.2, 0.25) is 17.6 Å². The van der Waals surface area contributed by atoms with E-state index in [0.29, 0.717) is 28.0 Å². The third-order valence-electron chi connectivity index (χ3n) is 10.3. The van der Waals surface area contributed by atoms with Gasteiger partial charge in [0, 0.05) is 24.1 Å². The zero-order valence-electron chi connectivity index (χ0n) is 26.1. The number of ketones is 1. The molecule has 0 spiro atoms. The van der Waals surface area contributed by atoms with Crippen LogP contribution < -0.4 is 14.4 Å². The molecule has 3 fully saturated rings. The number of aromatic hydroxyl groups is 1. The quantitative estimate of drug-likeness (QED) is 0.169.